The van der Waals surface area contributed by atoms with Crippen LogP contribution in [0.4, 0.5) is 4.39 Å². The predicted molar refractivity (Wildman–Crippen MR) is 102 cm³/mol. The molecule has 6 nitrogen and oxygen atoms in total. The number of furan rings is 1. The van der Waals surface area contributed by atoms with Crippen LogP contribution in [0.1, 0.15) is 12.2 Å². The molecule has 148 valence electrons. The topological polar surface area (TPSA) is 72.6 Å². The average molecular weight is 425 g/mol. The quantitative estimate of drug-likeness (QED) is 0.381. The van der Waals surface area contributed by atoms with Crippen molar-refractivity contribution in [2.24, 2.45) is 0 Å². The van der Waals surface area contributed by atoms with E-state index in [-0.39, 0.29) is 35.6 Å². The van der Waals surface area contributed by atoms with Crippen molar-refractivity contribution in [1.29, 1.82) is 0 Å². The van der Waals surface area contributed by atoms with Crippen molar-refractivity contribution in [2.75, 3.05) is 13.2 Å². The van der Waals surface area contributed by atoms with Crippen LogP contribution in [0.25, 0.3) is 0 Å². The number of rotatable bonds is 9. The Kier molecular flexibility index (Phi) is 6.66. The number of ether oxygens (including phenoxy) is 1. The Morgan fingerprint density at radius 2 is 1.93 bits per heavy atom. The van der Waals surface area contributed by atoms with Gasteiger partial charge in [0.25, 0.3) is 0 Å². The second-order valence-electron chi connectivity index (χ2n) is 5.89. The smallest absolute Gasteiger partial charge is 0.245 e. The zero-order valence-electron chi connectivity index (χ0n) is 14.8. The van der Waals surface area contributed by atoms with E-state index in [0.717, 1.165) is 0 Å². The summed E-state index contributed by atoms with van der Waals surface area (Å²) in [6, 6.07) is 11.9. The Morgan fingerprint density at radius 1 is 1.14 bits per heavy atom. The van der Waals surface area contributed by atoms with E-state index in [9.17, 15) is 12.8 Å². The van der Waals surface area contributed by atoms with Crippen LogP contribution in [0.5, 0.6) is 5.75 Å². The summed E-state index contributed by atoms with van der Waals surface area (Å²) in [4.78, 5) is 3.89. The summed E-state index contributed by atoms with van der Waals surface area (Å²) in [5, 5.41) is 0.212. The van der Waals surface area contributed by atoms with E-state index in [2.05, 4.69) is 4.98 Å². The fourth-order valence-corrected chi connectivity index (χ4v) is 3.99. The standard InChI is InChI=1S/C19H18ClFN2O4S/c20-19-9-8-18(13-22-19)28(24,25)23(14-17-3-1-11-27-17)10-2-12-26-16-6-4-15(21)5-7-16/h1,3-9,11,13H,2,10,12,14H2. The maximum Gasteiger partial charge on any atom is 0.245 e. The highest BCUT2D eigenvalue weighted by atomic mass is 35.5. The zero-order chi connectivity index (χ0) is 20.0. The number of halogens is 2. The van der Waals surface area contributed by atoms with E-state index >= 15 is 0 Å². The molecule has 0 N–H and O–H groups in total. The molecule has 0 aliphatic rings. The second kappa shape index (κ2) is 9.18. The van der Waals surface area contributed by atoms with Crippen molar-refractivity contribution in [3.8, 4) is 5.75 Å². The molecule has 9 heteroatoms. The Hall–Kier alpha value is -2.42. The number of benzene rings is 1. The molecule has 2 aromatic heterocycles. The summed E-state index contributed by atoms with van der Waals surface area (Å²) in [6.07, 6.45) is 3.14. The number of hydrogen-bond donors (Lipinski definition) is 0. The zero-order valence-corrected chi connectivity index (χ0v) is 16.4. The summed E-state index contributed by atoms with van der Waals surface area (Å²) in [6.45, 7) is 0.552. The van der Waals surface area contributed by atoms with Crippen LogP contribution in [0, 0.1) is 5.82 Å². The van der Waals surface area contributed by atoms with Gasteiger partial charge in [0.1, 0.15) is 27.4 Å². The van der Waals surface area contributed by atoms with Gasteiger partial charge in [0.15, 0.2) is 0 Å². The number of sulfonamides is 1. The van der Waals surface area contributed by atoms with E-state index < -0.39 is 10.0 Å². The minimum Gasteiger partial charge on any atom is -0.494 e. The summed E-state index contributed by atoms with van der Waals surface area (Å²) in [5.74, 6) is 0.688. The van der Waals surface area contributed by atoms with Crippen LogP contribution in [-0.4, -0.2) is 30.9 Å². The summed E-state index contributed by atoms with van der Waals surface area (Å²) in [5.41, 5.74) is 0. The fraction of sp³-hybridized carbons (Fsp3) is 0.211. The first kappa shape index (κ1) is 20.3. The molecular weight excluding hydrogens is 407 g/mol. The lowest BCUT2D eigenvalue weighted by atomic mass is 10.3. The largest absolute Gasteiger partial charge is 0.494 e. The van der Waals surface area contributed by atoms with Gasteiger partial charge in [0, 0.05) is 12.7 Å². The highest BCUT2D eigenvalue weighted by Gasteiger charge is 2.25. The molecule has 0 radical (unpaired) electrons. The maximum absolute atomic E-state index is 13.0. The van der Waals surface area contributed by atoms with Gasteiger partial charge in [0.05, 0.1) is 19.4 Å². The minimum absolute atomic E-state index is 0.0444. The first-order chi connectivity index (χ1) is 13.4. The normalized spacial score (nSPS) is 11.7. The van der Waals surface area contributed by atoms with Crippen LogP contribution in [-0.2, 0) is 16.6 Å². The monoisotopic (exact) mass is 424 g/mol. The molecule has 0 saturated heterocycles. The SMILES string of the molecule is O=S(=O)(c1ccc(Cl)nc1)N(CCCOc1ccc(F)cc1)Cc1ccco1. The lowest BCUT2D eigenvalue weighted by molar-refractivity contribution is 0.280. The molecule has 28 heavy (non-hydrogen) atoms. The Balaban J connectivity index is 1.68. The molecule has 0 fully saturated rings. The van der Waals surface area contributed by atoms with Gasteiger partial charge in [-0.2, -0.15) is 4.31 Å². The lowest BCUT2D eigenvalue weighted by Gasteiger charge is -2.21. The number of hydrogen-bond acceptors (Lipinski definition) is 5. The van der Waals surface area contributed by atoms with Crippen LogP contribution >= 0.6 is 11.6 Å². The van der Waals surface area contributed by atoms with Gasteiger partial charge in [0.2, 0.25) is 10.0 Å². The third-order valence-corrected chi connectivity index (χ3v) is 5.94. The highest BCUT2D eigenvalue weighted by Crippen LogP contribution is 2.20. The number of nitrogens with zero attached hydrogens (tertiary/aromatic N) is 2. The molecule has 0 aliphatic heterocycles. The van der Waals surface area contributed by atoms with Gasteiger partial charge in [-0.05, 0) is 55.0 Å². The van der Waals surface area contributed by atoms with Crippen LogP contribution in [0.2, 0.25) is 5.15 Å². The average Bonchev–Trinajstić information content (AvgIpc) is 3.19. The van der Waals surface area contributed by atoms with E-state index in [0.29, 0.717) is 17.9 Å². The van der Waals surface area contributed by atoms with Gasteiger partial charge < -0.3 is 9.15 Å². The van der Waals surface area contributed by atoms with E-state index in [4.69, 9.17) is 20.8 Å². The highest BCUT2D eigenvalue weighted by molar-refractivity contribution is 7.89. The summed E-state index contributed by atoms with van der Waals surface area (Å²) < 4.78 is 51.0. The van der Waals surface area contributed by atoms with E-state index in [1.54, 1.807) is 12.1 Å². The molecule has 0 saturated carbocycles. The Morgan fingerprint density at radius 3 is 2.57 bits per heavy atom. The predicted octanol–water partition coefficient (Wildman–Crippen LogP) is 4.13. The van der Waals surface area contributed by atoms with Crippen molar-refractivity contribution in [1.82, 2.24) is 9.29 Å². The first-order valence-electron chi connectivity index (χ1n) is 8.47. The van der Waals surface area contributed by atoms with Crippen molar-refractivity contribution >= 4 is 21.6 Å². The summed E-state index contributed by atoms with van der Waals surface area (Å²) >= 11 is 5.75. The molecule has 0 aliphatic carbocycles. The second-order valence-corrected chi connectivity index (χ2v) is 8.22. The lowest BCUT2D eigenvalue weighted by Crippen LogP contribution is -2.32. The van der Waals surface area contributed by atoms with Crippen molar-refractivity contribution in [3.63, 3.8) is 0 Å². The van der Waals surface area contributed by atoms with Crippen molar-refractivity contribution in [3.05, 3.63) is 77.7 Å². The van der Waals surface area contributed by atoms with Crippen LogP contribution in [0.3, 0.4) is 0 Å². The molecule has 0 spiro atoms. The third-order valence-electron chi connectivity index (χ3n) is 3.88. The Bertz CT molecular complexity index is 978. The molecule has 0 atom stereocenters. The minimum atomic E-state index is -3.80. The van der Waals surface area contributed by atoms with Crippen molar-refractivity contribution < 1.29 is 22.0 Å². The van der Waals surface area contributed by atoms with Gasteiger partial charge in [-0.1, -0.05) is 11.6 Å². The molecule has 0 bridgehead atoms. The van der Waals surface area contributed by atoms with Gasteiger partial charge in [-0.15, -0.1) is 0 Å². The molecule has 3 rings (SSSR count). The summed E-state index contributed by atoms with van der Waals surface area (Å²) in [7, 11) is -3.80. The van der Waals surface area contributed by atoms with Crippen LogP contribution < -0.4 is 4.74 Å². The van der Waals surface area contributed by atoms with E-state index in [1.165, 1.54) is 53.2 Å². The molecule has 1 aromatic carbocycles. The molecule has 0 unspecified atom stereocenters. The molecular formula is C19H18ClFN2O4S. The van der Waals surface area contributed by atoms with Gasteiger partial charge in [-0.25, -0.2) is 17.8 Å². The third kappa shape index (κ3) is 5.31. The van der Waals surface area contributed by atoms with Gasteiger partial charge in [-0.3, -0.25) is 0 Å². The first-order valence-corrected chi connectivity index (χ1v) is 10.3. The fourth-order valence-electron chi connectivity index (χ4n) is 2.49. The maximum atomic E-state index is 13.0. The number of aromatic nitrogens is 1. The molecule has 2 heterocycles. The Labute approximate surface area is 167 Å². The number of pyridine rings is 1. The van der Waals surface area contributed by atoms with Crippen LogP contribution in [0.15, 0.2) is 70.3 Å². The molecule has 0 amide bonds. The molecule has 3 aromatic rings. The van der Waals surface area contributed by atoms with E-state index in [1.807, 2.05) is 0 Å². The van der Waals surface area contributed by atoms with Crippen molar-refractivity contribution in [2.45, 2.75) is 17.9 Å². The van der Waals surface area contributed by atoms with Gasteiger partial charge >= 0.3 is 0 Å².